The highest BCUT2D eigenvalue weighted by Gasteiger charge is 2.30. The topological polar surface area (TPSA) is 174 Å². The average Bonchev–Trinajstić information content (AvgIpc) is 3.13. The number of rotatable bonds is 12. The summed E-state index contributed by atoms with van der Waals surface area (Å²) < 4.78 is 32.8. The molecule has 0 aliphatic heterocycles. The van der Waals surface area contributed by atoms with Gasteiger partial charge in [0.15, 0.2) is 7.14 Å². The van der Waals surface area contributed by atoms with E-state index < -0.39 is 21.9 Å². The molecule has 0 unspecified atom stereocenters. The van der Waals surface area contributed by atoms with Crippen LogP contribution >= 0.6 is 7.14 Å². The first-order chi connectivity index (χ1) is 24.1. The third-order valence-electron chi connectivity index (χ3n) is 7.45. The van der Waals surface area contributed by atoms with Crippen molar-refractivity contribution in [2.45, 2.75) is 0 Å². The summed E-state index contributed by atoms with van der Waals surface area (Å²) in [6.07, 6.45) is 0. The Kier molecular flexibility index (Phi) is 9.32. The molecule has 13 nitrogen and oxygen atoms in total. The zero-order chi connectivity index (χ0) is 35.3. The van der Waals surface area contributed by atoms with Crippen molar-refractivity contribution in [3.8, 4) is 34.5 Å². The fraction of sp³-hybridized carbons (Fsp3) is 0. The van der Waals surface area contributed by atoms with E-state index in [0.717, 1.165) is 0 Å². The molecule has 50 heavy (non-hydrogen) atoms. The van der Waals surface area contributed by atoms with Crippen molar-refractivity contribution in [1.82, 2.24) is 0 Å². The second-order valence-corrected chi connectivity index (χ2v) is 13.4. The van der Waals surface area contributed by atoms with Crippen LogP contribution in [-0.2, 0) is 4.57 Å². The first-order valence-electron chi connectivity index (χ1n) is 14.8. The molecule has 0 amide bonds. The Morgan fingerprint density at radius 3 is 0.700 bits per heavy atom. The Balaban J connectivity index is 1.29. The van der Waals surface area contributed by atoms with Crippen LogP contribution in [0.5, 0.6) is 34.5 Å². The third kappa shape index (κ3) is 7.33. The largest absolute Gasteiger partial charge is 0.457 e. The van der Waals surface area contributed by atoms with E-state index in [4.69, 9.17) is 14.2 Å². The van der Waals surface area contributed by atoms with Gasteiger partial charge in [0.1, 0.15) is 34.5 Å². The first kappa shape index (κ1) is 33.1. The van der Waals surface area contributed by atoms with Crippen LogP contribution in [0.1, 0.15) is 0 Å². The number of nitro groups is 3. The van der Waals surface area contributed by atoms with Gasteiger partial charge in [0, 0.05) is 52.3 Å². The van der Waals surface area contributed by atoms with E-state index in [1.807, 2.05) is 0 Å². The van der Waals surface area contributed by atoms with E-state index in [1.54, 1.807) is 72.8 Å². The van der Waals surface area contributed by atoms with Crippen molar-refractivity contribution in [2.24, 2.45) is 0 Å². The molecule has 0 aromatic heterocycles. The van der Waals surface area contributed by atoms with Crippen molar-refractivity contribution in [2.75, 3.05) is 0 Å². The van der Waals surface area contributed by atoms with Crippen molar-refractivity contribution < 1.29 is 33.5 Å². The van der Waals surface area contributed by atoms with E-state index in [1.165, 1.54) is 72.8 Å². The second-order valence-electron chi connectivity index (χ2n) is 10.7. The van der Waals surface area contributed by atoms with Gasteiger partial charge in [-0.25, -0.2) is 0 Å². The summed E-state index contributed by atoms with van der Waals surface area (Å²) in [6.45, 7) is 0. The molecule has 248 valence electrons. The molecule has 0 bridgehead atoms. The Hall–Kier alpha value is -6.85. The molecular formula is C36H24N3O10P. The zero-order valence-corrected chi connectivity index (χ0v) is 26.6. The SMILES string of the molecule is O=[N+]([O-])c1ccc(Oc2ccc(P(=O)(c3ccc(Oc4ccc([N+](=O)[O-])cc4)cc3)c3ccc(Oc4ccc([N+](=O)[O-])cc4)cc3)cc2)cc1. The van der Waals surface area contributed by atoms with Crippen molar-refractivity contribution in [3.05, 3.63) is 176 Å². The van der Waals surface area contributed by atoms with Gasteiger partial charge in [-0.15, -0.1) is 0 Å². The Morgan fingerprint density at radius 2 is 0.520 bits per heavy atom. The van der Waals surface area contributed by atoms with Gasteiger partial charge >= 0.3 is 0 Å². The maximum Gasteiger partial charge on any atom is 0.269 e. The van der Waals surface area contributed by atoms with Gasteiger partial charge in [-0.05, 0) is 109 Å². The van der Waals surface area contributed by atoms with E-state index in [2.05, 4.69) is 0 Å². The summed E-state index contributed by atoms with van der Waals surface area (Å²) in [7, 11) is -3.53. The number of benzene rings is 6. The van der Waals surface area contributed by atoms with Crippen LogP contribution in [0, 0.1) is 30.3 Å². The lowest BCUT2D eigenvalue weighted by Gasteiger charge is -2.21. The van der Waals surface area contributed by atoms with E-state index in [0.29, 0.717) is 50.4 Å². The maximum absolute atomic E-state index is 15.2. The van der Waals surface area contributed by atoms with Crippen LogP contribution in [0.2, 0.25) is 0 Å². The molecule has 6 aromatic carbocycles. The predicted octanol–water partition coefficient (Wildman–Crippen LogP) is 8.43. The molecule has 0 fully saturated rings. The van der Waals surface area contributed by atoms with Gasteiger partial charge in [0.2, 0.25) is 0 Å². The molecule has 0 heterocycles. The van der Waals surface area contributed by atoms with E-state index in [9.17, 15) is 30.3 Å². The normalized spacial score (nSPS) is 11.0. The lowest BCUT2D eigenvalue weighted by Crippen LogP contribution is -2.25. The summed E-state index contributed by atoms with van der Waals surface area (Å²) in [6, 6.07) is 36.9. The molecule has 0 atom stereocenters. The lowest BCUT2D eigenvalue weighted by atomic mass is 10.3. The molecule has 0 spiro atoms. The van der Waals surface area contributed by atoms with Crippen LogP contribution in [0.4, 0.5) is 17.1 Å². The molecular weight excluding hydrogens is 665 g/mol. The minimum absolute atomic E-state index is 0.0676. The summed E-state index contributed by atoms with van der Waals surface area (Å²) >= 11 is 0. The Bertz CT molecular complexity index is 1950. The monoisotopic (exact) mass is 689 g/mol. The predicted molar refractivity (Wildman–Crippen MR) is 185 cm³/mol. The minimum Gasteiger partial charge on any atom is -0.457 e. The molecule has 0 saturated heterocycles. The highest BCUT2D eigenvalue weighted by molar-refractivity contribution is 7.85. The number of nitro benzene ring substituents is 3. The zero-order valence-electron chi connectivity index (χ0n) is 25.7. The summed E-state index contributed by atoms with van der Waals surface area (Å²) in [5.74, 6) is 2.43. The first-order valence-corrected chi connectivity index (χ1v) is 16.5. The van der Waals surface area contributed by atoms with E-state index >= 15 is 4.57 Å². The van der Waals surface area contributed by atoms with Crippen molar-refractivity contribution >= 4 is 40.1 Å². The minimum atomic E-state index is -3.53. The number of hydrogen-bond acceptors (Lipinski definition) is 10. The summed E-state index contributed by atoms with van der Waals surface area (Å²) in [5, 5.41) is 34.4. The van der Waals surface area contributed by atoms with Gasteiger partial charge in [-0.1, -0.05) is 0 Å². The van der Waals surface area contributed by atoms with Gasteiger partial charge in [0.05, 0.1) is 14.8 Å². The van der Waals surface area contributed by atoms with Gasteiger partial charge in [-0.3, -0.25) is 30.3 Å². The standard InChI is InChI=1S/C36H24N3O10P/c40-37(41)25-1-7-28(8-2-25)47-31-13-19-34(20-14-31)50(46,35-21-15-32(16-22-35)48-29-9-3-26(4-10-29)38(42)43)36-23-17-33(18-24-36)49-30-11-5-27(6-12-30)39(44)45/h1-24H. The molecule has 6 rings (SSSR count). The molecule has 6 aromatic rings. The number of hydrogen-bond donors (Lipinski definition) is 0. The number of non-ortho nitro benzene ring substituents is 3. The number of nitrogens with zero attached hydrogens (tertiary/aromatic N) is 3. The smallest absolute Gasteiger partial charge is 0.269 e. The number of ether oxygens (including phenoxy) is 3. The molecule has 0 aliphatic carbocycles. The van der Waals surface area contributed by atoms with Gasteiger partial charge < -0.3 is 18.8 Å². The van der Waals surface area contributed by atoms with E-state index in [-0.39, 0.29) is 17.1 Å². The Labute approximate surface area is 283 Å². The van der Waals surface area contributed by atoms with Crippen LogP contribution in [0.25, 0.3) is 0 Å². The molecule has 0 radical (unpaired) electrons. The van der Waals surface area contributed by atoms with Gasteiger partial charge in [-0.2, -0.15) is 0 Å². The second kappa shape index (κ2) is 14.1. The lowest BCUT2D eigenvalue weighted by molar-refractivity contribution is -0.385. The average molecular weight is 690 g/mol. The summed E-state index contributed by atoms with van der Waals surface area (Å²) in [4.78, 5) is 31.4. The molecule has 0 N–H and O–H groups in total. The highest BCUT2D eigenvalue weighted by Crippen LogP contribution is 2.44. The maximum atomic E-state index is 15.2. The summed E-state index contributed by atoms with van der Waals surface area (Å²) in [5.41, 5.74) is -0.203. The van der Waals surface area contributed by atoms with Crippen LogP contribution in [-0.4, -0.2) is 14.8 Å². The molecule has 0 aliphatic rings. The van der Waals surface area contributed by atoms with Crippen LogP contribution in [0.15, 0.2) is 146 Å². The fourth-order valence-corrected chi connectivity index (χ4v) is 7.54. The van der Waals surface area contributed by atoms with Crippen LogP contribution < -0.4 is 30.1 Å². The highest BCUT2D eigenvalue weighted by atomic mass is 31.2. The molecule has 14 heteroatoms. The fourth-order valence-electron chi connectivity index (χ4n) is 4.94. The Morgan fingerprint density at radius 1 is 0.340 bits per heavy atom. The van der Waals surface area contributed by atoms with Crippen LogP contribution in [0.3, 0.4) is 0 Å². The third-order valence-corrected chi connectivity index (χ3v) is 10.5. The van der Waals surface area contributed by atoms with Gasteiger partial charge in [0.25, 0.3) is 17.1 Å². The molecule has 0 saturated carbocycles. The quantitative estimate of drug-likeness (QED) is 0.0689. The van der Waals surface area contributed by atoms with Crippen molar-refractivity contribution in [1.29, 1.82) is 0 Å². The van der Waals surface area contributed by atoms with Crippen molar-refractivity contribution in [3.63, 3.8) is 0 Å².